The first-order valence-electron chi connectivity index (χ1n) is 20.8. The molecule has 0 fully saturated rings. The van der Waals surface area contributed by atoms with Crippen molar-refractivity contribution >= 4 is 53.3 Å². The Morgan fingerprint density at radius 3 is 1.48 bits per heavy atom. The lowest BCUT2D eigenvalue weighted by Gasteiger charge is -2.17. The van der Waals surface area contributed by atoms with Gasteiger partial charge in [0, 0.05) is 47.6 Å². The predicted molar refractivity (Wildman–Crippen MR) is 260 cm³/mol. The maximum absolute atomic E-state index is 5.36. The average molecular weight is 809 g/mol. The van der Waals surface area contributed by atoms with Gasteiger partial charge in [-0.3, -0.25) is 0 Å². The van der Waals surface area contributed by atoms with Gasteiger partial charge in [0.25, 0.3) is 0 Å². The standard InChI is InChI=1S/C57H36N4S/c1-3-14-37(15-4-1)38-26-28-39(29-27-38)42-31-33-49(52(35-42)61-50-23-10-7-20-45(50)46-21-8-11-24-51(46)61)57-59-55(40-16-5-2-6-17-40)58-56(60-57)44-19-13-18-41(34-44)43-30-32-48-47-22-9-12-25-53(47)62-54(48)36-43/h1-36H. The summed E-state index contributed by atoms with van der Waals surface area (Å²) in [6, 6.07) is 77.5. The zero-order valence-electron chi connectivity index (χ0n) is 33.5. The summed E-state index contributed by atoms with van der Waals surface area (Å²) < 4.78 is 4.95. The number of hydrogen-bond acceptors (Lipinski definition) is 4. The second kappa shape index (κ2) is 14.9. The van der Waals surface area contributed by atoms with Crippen molar-refractivity contribution in [3.63, 3.8) is 0 Å². The Morgan fingerprint density at radius 2 is 0.758 bits per heavy atom. The van der Waals surface area contributed by atoms with Gasteiger partial charge in [-0.15, -0.1) is 11.3 Å². The monoisotopic (exact) mass is 808 g/mol. The Morgan fingerprint density at radius 1 is 0.290 bits per heavy atom. The highest BCUT2D eigenvalue weighted by Crippen LogP contribution is 2.40. The van der Waals surface area contributed by atoms with Crippen molar-refractivity contribution in [2.75, 3.05) is 0 Å². The summed E-state index contributed by atoms with van der Waals surface area (Å²) in [6.45, 7) is 0. The molecule has 3 aromatic heterocycles. The molecule has 0 unspecified atom stereocenters. The molecular weight excluding hydrogens is 773 g/mol. The van der Waals surface area contributed by atoms with Crippen LogP contribution in [-0.2, 0) is 0 Å². The summed E-state index contributed by atoms with van der Waals surface area (Å²) >= 11 is 1.84. The third-order valence-corrected chi connectivity index (χ3v) is 13.0. The summed E-state index contributed by atoms with van der Waals surface area (Å²) in [5.74, 6) is 1.85. The van der Waals surface area contributed by atoms with E-state index in [1.807, 2.05) is 29.5 Å². The van der Waals surface area contributed by atoms with Crippen molar-refractivity contribution < 1.29 is 0 Å². The first-order chi connectivity index (χ1) is 30.7. The van der Waals surface area contributed by atoms with Gasteiger partial charge in [0.05, 0.1) is 16.7 Å². The van der Waals surface area contributed by atoms with Crippen LogP contribution >= 0.6 is 11.3 Å². The number of hydrogen-bond donors (Lipinski definition) is 0. The Balaban J connectivity index is 1.05. The van der Waals surface area contributed by atoms with E-state index >= 15 is 0 Å². The van der Waals surface area contributed by atoms with Crippen LogP contribution in [0, 0.1) is 0 Å². The minimum Gasteiger partial charge on any atom is -0.308 e. The number of benzene rings is 9. The van der Waals surface area contributed by atoms with E-state index < -0.39 is 0 Å². The smallest absolute Gasteiger partial charge is 0.166 e. The molecule has 9 aromatic carbocycles. The molecule has 3 heterocycles. The maximum Gasteiger partial charge on any atom is 0.166 e. The van der Waals surface area contributed by atoms with Gasteiger partial charge in [-0.2, -0.15) is 0 Å². The third kappa shape index (κ3) is 6.26. The molecule has 0 N–H and O–H groups in total. The summed E-state index contributed by atoms with van der Waals surface area (Å²) in [7, 11) is 0. The largest absolute Gasteiger partial charge is 0.308 e. The van der Waals surface area contributed by atoms with E-state index in [2.05, 4.69) is 205 Å². The lowest BCUT2D eigenvalue weighted by atomic mass is 9.98. The predicted octanol–water partition coefficient (Wildman–Crippen LogP) is 15.3. The summed E-state index contributed by atoms with van der Waals surface area (Å²) in [5, 5.41) is 4.97. The summed E-state index contributed by atoms with van der Waals surface area (Å²) in [6.07, 6.45) is 0. The van der Waals surface area contributed by atoms with Crippen molar-refractivity contribution in [1.82, 2.24) is 19.5 Å². The highest BCUT2D eigenvalue weighted by atomic mass is 32.1. The van der Waals surface area contributed by atoms with E-state index in [1.54, 1.807) is 0 Å². The Labute approximate surface area is 362 Å². The lowest BCUT2D eigenvalue weighted by Crippen LogP contribution is -2.04. The fourth-order valence-corrected chi connectivity index (χ4v) is 9.98. The number of fused-ring (bicyclic) bond motifs is 6. The van der Waals surface area contributed by atoms with Crippen LogP contribution in [0.1, 0.15) is 0 Å². The van der Waals surface area contributed by atoms with Crippen molar-refractivity contribution in [1.29, 1.82) is 0 Å². The molecular formula is C57H36N4S. The van der Waals surface area contributed by atoms with Crippen LogP contribution in [0.3, 0.4) is 0 Å². The van der Waals surface area contributed by atoms with E-state index in [0.717, 1.165) is 55.7 Å². The van der Waals surface area contributed by atoms with Crippen LogP contribution in [-0.4, -0.2) is 19.5 Å². The Hall–Kier alpha value is -7.99. The Bertz CT molecular complexity index is 3570. The third-order valence-electron chi connectivity index (χ3n) is 11.9. The number of aromatic nitrogens is 4. The van der Waals surface area contributed by atoms with Crippen molar-refractivity contribution in [2.24, 2.45) is 0 Å². The highest BCUT2D eigenvalue weighted by Gasteiger charge is 2.21. The number of rotatable bonds is 7. The minimum absolute atomic E-state index is 0.605. The topological polar surface area (TPSA) is 43.6 Å². The van der Waals surface area contributed by atoms with Crippen molar-refractivity contribution in [3.05, 3.63) is 218 Å². The van der Waals surface area contributed by atoms with Crippen LogP contribution in [0.25, 0.3) is 115 Å². The molecule has 0 aliphatic carbocycles. The van der Waals surface area contributed by atoms with Gasteiger partial charge in [-0.05, 0) is 75.8 Å². The van der Waals surface area contributed by atoms with Crippen molar-refractivity contribution in [3.8, 4) is 73.2 Å². The van der Waals surface area contributed by atoms with Gasteiger partial charge in [0.1, 0.15) is 0 Å². The molecule has 0 aliphatic heterocycles. The maximum atomic E-state index is 5.36. The molecule has 0 bridgehead atoms. The average Bonchev–Trinajstić information content (AvgIpc) is 3.90. The van der Waals surface area contributed by atoms with E-state index in [1.165, 1.54) is 42.1 Å². The van der Waals surface area contributed by atoms with Crippen LogP contribution < -0.4 is 0 Å². The molecule has 0 radical (unpaired) electrons. The SMILES string of the molecule is c1ccc(-c2ccc(-c3ccc(-c4nc(-c5ccccc5)nc(-c5cccc(-c6ccc7c(c6)sc6ccccc67)c5)n4)c(-n4c5ccccc5c5ccccc54)c3)cc2)cc1. The molecule has 12 rings (SSSR count). The van der Waals surface area contributed by atoms with Gasteiger partial charge in [0.15, 0.2) is 17.5 Å². The van der Waals surface area contributed by atoms with Crippen LogP contribution in [0.2, 0.25) is 0 Å². The van der Waals surface area contributed by atoms with Gasteiger partial charge < -0.3 is 4.57 Å². The van der Waals surface area contributed by atoms with Crippen molar-refractivity contribution in [2.45, 2.75) is 0 Å². The van der Waals surface area contributed by atoms with Crippen LogP contribution in [0.15, 0.2) is 218 Å². The zero-order chi connectivity index (χ0) is 41.0. The quantitative estimate of drug-likeness (QED) is 0.161. The van der Waals surface area contributed by atoms with Gasteiger partial charge >= 0.3 is 0 Å². The first-order valence-corrected chi connectivity index (χ1v) is 21.7. The lowest BCUT2D eigenvalue weighted by molar-refractivity contribution is 1.06. The number of para-hydroxylation sites is 2. The van der Waals surface area contributed by atoms with Gasteiger partial charge in [-0.25, -0.2) is 15.0 Å². The van der Waals surface area contributed by atoms with Gasteiger partial charge in [0.2, 0.25) is 0 Å². The molecule has 62 heavy (non-hydrogen) atoms. The fraction of sp³-hybridized carbons (Fsp3) is 0. The number of nitrogens with zero attached hydrogens (tertiary/aromatic N) is 4. The summed E-state index contributed by atoms with van der Waals surface area (Å²) in [5.41, 5.74) is 12.9. The molecule has 0 amide bonds. The molecule has 0 saturated heterocycles. The Kier molecular flexibility index (Phi) is 8.65. The molecule has 12 aromatic rings. The molecule has 0 saturated carbocycles. The molecule has 0 aliphatic rings. The van der Waals surface area contributed by atoms with E-state index in [-0.39, 0.29) is 0 Å². The van der Waals surface area contributed by atoms with Crippen LogP contribution in [0.4, 0.5) is 0 Å². The minimum atomic E-state index is 0.605. The zero-order valence-corrected chi connectivity index (χ0v) is 34.3. The first kappa shape index (κ1) is 35.9. The van der Waals surface area contributed by atoms with Gasteiger partial charge in [-0.1, -0.05) is 176 Å². The second-order valence-electron chi connectivity index (χ2n) is 15.6. The van der Waals surface area contributed by atoms with E-state index in [4.69, 9.17) is 15.0 Å². The number of thiophene rings is 1. The molecule has 4 nitrogen and oxygen atoms in total. The van der Waals surface area contributed by atoms with E-state index in [9.17, 15) is 0 Å². The van der Waals surface area contributed by atoms with Crippen LogP contribution in [0.5, 0.6) is 0 Å². The normalized spacial score (nSPS) is 11.5. The fourth-order valence-electron chi connectivity index (χ4n) is 8.84. The molecule has 290 valence electrons. The molecule has 5 heteroatoms. The second-order valence-corrected chi connectivity index (χ2v) is 16.7. The molecule has 0 spiro atoms. The summed E-state index contributed by atoms with van der Waals surface area (Å²) in [4.78, 5) is 15.8. The highest BCUT2D eigenvalue weighted by molar-refractivity contribution is 7.25. The van der Waals surface area contributed by atoms with E-state index in [0.29, 0.717) is 17.5 Å². The molecule has 0 atom stereocenters.